The van der Waals surface area contributed by atoms with Gasteiger partial charge in [0.2, 0.25) is 5.91 Å². The molecule has 1 rings (SSSR count). The van der Waals surface area contributed by atoms with Gasteiger partial charge in [-0.15, -0.1) is 0 Å². The SMILES string of the molecule is CNCCCNC(=O)CCn1nc(C)c([N+](=O)[O-])c1C. The van der Waals surface area contributed by atoms with E-state index in [0.717, 1.165) is 13.0 Å². The molecule has 0 unspecified atom stereocenters. The average molecular weight is 283 g/mol. The maximum absolute atomic E-state index is 11.6. The minimum absolute atomic E-state index is 0.0272. The van der Waals surface area contributed by atoms with Gasteiger partial charge in [-0.05, 0) is 33.9 Å². The van der Waals surface area contributed by atoms with Crippen LogP contribution in [0.15, 0.2) is 0 Å². The number of carbonyl (C=O) groups is 1. The number of hydrogen-bond acceptors (Lipinski definition) is 5. The predicted octanol–water partition coefficient (Wildman–Crippen LogP) is 0.524. The smallest absolute Gasteiger partial charge is 0.312 e. The van der Waals surface area contributed by atoms with E-state index in [1.165, 1.54) is 4.68 Å². The normalized spacial score (nSPS) is 10.6. The van der Waals surface area contributed by atoms with Crippen LogP contribution in [-0.4, -0.2) is 40.7 Å². The predicted molar refractivity (Wildman–Crippen MR) is 74.5 cm³/mol. The molecule has 0 aliphatic rings. The second-order valence-corrected chi connectivity index (χ2v) is 4.56. The van der Waals surface area contributed by atoms with E-state index >= 15 is 0 Å². The van der Waals surface area contributed by atoms with Crippen LogP contribution in [0, 0.1) is 24.0 Å². The topological polar surface area (TPSA) is 102 Å². The lowest BCUT2D eigenvalue weighted by Gasteiger charge is -2.06. The first-order valence-corrected chi connectivity index (χ1v) is 6.57. The summed E-state index contributed by atoms with van der Waals surface area (Å²) >= 11 is 0. The highest BCUT2D eigenvalue weighted by atomic mass is 16.6. The molecule has 0 fully saturated rings. The molecule has 0 saturated carbocycles. The fourth-order valence-corrected chi connectivity index (χ4v) is 1.96. The zero-order valence-corrected chi connectivity index (χ0v) is 12.1. The number of carbonyl (C=O) groups excluding carboxylic acids is 1. The molecule has 0 radical (unpaired) electrons. The van der Waals surface area contributed by atoms with E-state index in [9.17, 15) is 14.9 Å². The molecule has 0 bridgehead atoms. The van der Waals surface area contributed by atoms with Crippen LogP contribution in [0.25, 0.3) is 0 Å². The van der Waals surface area contributed by atoms with E-state index in [4.69, 9.17) is 0 Å². The Morgan fingerprint density at radius 1 is 1.40 bits per heavy atom. The Balaban J connectivity index is 2.48. The first-order chi connectivity index (χ1) is 9.47. The fourth-order valence-electron chi connectivity index (χ4n) is 1.96. The summed E-state index contributed by atoms with van der Waals surface area (Å²) in [6, 6.07) is 0. The van der Waals surface area contributed by atoms with Gasteiger partial charge in [0.05, 0.1) is 11.5 Å². The first-order valence-electron chi connectivity index (χ1n) is 6.57. The Kier molecular flexibility index (Phi) is 6.10. The van der Waals surface area contributed by atoms with Gasteiger partial charge >= 0.3 is 5.69 Å². The van der Waals surface area contributed by atoms with Gasteiger partial charge in [0, 0.05) is 13.0 Å². The summed E-state index contributed by atoms with van der Waals surface area (Å²) in [5.41, 5.74) is 0.886. The van der Waals surface area contributed by atoms with Crippen molar-refractivity contribution in [2.75, 3.05) is 20.1 Å². The highest BCUT2D eigenvalue weighted by Gasteiger charge is 2.21. The van der Waals surface area contributed by atoms with Crippen molar-refractivity contribution < 1.29 is 9.72 Å². The number of aryl methyl sites for hydroxylation is 2. The van der Waals surface area contributed by atoms with Crippen LogP contribution in [0.1, 0.15) is 24.2 Å². The summed E-state index contributed by atoms with van der Waals surface area (Å²) < 4.78 is 1.51. The fraction of sp³-hybridized carbons (Fsp3) is 0.667. The van der Waals surface area contributed by atoms with Crippen molar-refractivity contribution in [3.63, 3.8) is 0 Å². The van der Waals surface area contributed by atoms with E-state index < -0.39 is 4.92 Å². The van der Waals surface area contributed by atoms with Crippen LogP contribution in [-0.2, 0) is 11.3 Å². The molecule has 0 aromatic carbocycles. The first kappa shape index (κ1) is 16.1. The van der Waals surface area contributed by atoms with Gasteiger partial charge in [-0.25, -0.2) is 0 Å². The van der Waals surface area contributed by atoms with E-state index in [-0.39, 0.29) is 18.0 Å². The largest absolute Gasteiger partial charge is 0.356 e. The summed E-state index contributed by atoms with van der Waals surface area (Å²) in [6.07, 6.45) is 1.13. The molecule has 1 heterocycles. The van der Waals surface area contributed by atoms with Crippen molar-refractivity contribution in [2.24, 2.45) is 0 Å². The van der Waals surface area contributed by atoms with Gasteiger partial charge in [-0.2, -0.15) is 5.10 Å². The quantitative estimate of drug-likeness (QED) is 0.411. The Morgan fingerprint density at radius 3 is 2.65 bits per heavy atom. The molecule has 2 N–H and O–H groups in total. The maximum Gasteiger partial charge on any atom is 0.312 e. The molecule has 8 nitrogen and oxygen atoms in total. The number of aromatic nitrogens is 2. The Labute approximate surface area is 117 Å². The third kappa shape index (κ3) is 4.30. The molecular formula is C12H21N5O3. The van der Waals surface area contributed by atoms with E-state index in [0.29, 0.717) is 24.5 Å². The lowest BCUT2D eigenvalue weighted by atomic mass is 10.3. The molecule has 0 saturated heterocycles. The van der Waals surface area contributed by atoms with Crippen LogP contribution in [0.4, 0.5) is 5.69 Å². The molecule has 0 aliphatic heterocycles. The lowest BCUT2D eigenvalue weighted by molar-refractivity contribution is -0.386. The summed E-state index contributed by atoms with van der Waals surface area (Å²) in [4.78, 5) is 22.0. The monoisotopic (exact) mass is 283 g/mol. The van der Waals surface area contributed by atoms with E-state index in [1.54, 1.807) is 13.8 Å². The Morgan fingerprint density at radius 2 is 2.10 bits per heavy atom. The van der Waals surface area contributed by atoms with Crippen LogP contribution >= 0.6 is 0 Å². The number of nitro groups is 1. The second-order valence-electron chi connectivity index (χ2n) is 4.56. The van der Waals surface area contributed by atoms with Crippen molar-refractivity contribution in [3.8, 4) is 0 Å². The number of amides is 1. The minimum Gasteiger partial charge on any atom is -0.356 e. The van der Waals surface area contributed by atoms with Crippen molar-refractivity contribution in [2.45, 2.75) is 33.2 Å². The average Bonchev–Trinajstić information content (AvgIpc) is 2.67. The number of rotatable bonds is 8. The van der Waals surface area contributed by atoms with Crippen LogP contribution in [0.3, 0.4) is 0 Å². The highest BCUT2D eigenvalue weighted by molar-refractivity contribution is 5.75. The lowest BCUT2D eigenvalue weighted by Crippen LogP contribution is -2.27. The molecule has 0 spiro atoms. The number of nitrogens with one attached hydrogen (secondary N) is 2. The van der Waals surface area contributed by atoms with Gasteiger partial charge in [0.1, 0.15) is 11.4 Å². The zero-order valence-electron chi connectivity index (χ0n) is 12.1. The van der Waals surface area contributed by atoms with Crippen LogP contribution in [0.2, 0.25) is 0 Å². The molecule has 1 aromatic heterocycles. The Hall–Kier alpha value is -1.96. The van der Waals surface area contributed by atoms with Crippen molar-refractivity contribution in [1.82, 2.24) is 20.4 Å². The zero-order chi connectivity index (χ0) is 15.1. The standard InChI is InChI=1S/C12H21N5O3/c1-9-12(17(19)20)10(2)16(15-9)8-5-11(18)14-7-4-6-13-3/h13H,4-8H2,1-3H3,(H,14,18). The molecule has 1 amide bonds. The summed E-state index contributed by atoms with van der Waals surface area (Å²) in [6.45, 7) is 5.06. The molecule has 1 aromatic rings. The van der Waals surface area contributed by atoms with Gasteiger partial charge in [-0.3, -0.25) is 19.6 Å². The van der Waals surface area contributed by atoms with Gasteiger partial charge in [-0.1, -0.05) is 0 Å². The van der Waals surface area contributed by atoms with Crippen LogP contribution in [0.5, 0.6) is 0 Å². The summed E-state index contributed by atoms with van der Waals surface area (Å²) in [7, 11) is 1.86. The van der Waals surface area contributed by atoms with Gasteiger partial charge in [0.25, 0.3) is 0 Å². The number of hydrogen-bond donors (Lipinski definition) is 2. The molecule has 0 aliphatic carbocycles. The minimum atomic E-state index is -0.439. The molecular weight excluding hydrogens is 262 g/mol. The third-order valence-electron chi connectivity index (χ3n) is 3.00. The van der Waals surface area contributed by atoms with Gasteiger partial charge in [0.15, 0.2) is 0 Å². The summed E-state index contributed by atoms with van der Waals surface area (Å²) in [5.74, 6) is -0.0729. The molecule has 20 heavy (non-hydrogen) atoms. The van der Waals surface area contributed by atoms with E-state index in [1.807, 2.05) is 7.05 Å². The van der Waals surface area contributed by atoms with Crippen molar-refractivity contribution in [3.05, 3.63) is 21.5 Å². The van der Waals surface area contributed by atoms with Crippen LogP contribution < -0.4 is 10.6 Å². The molecule has 0 atom stereocenters. The van der Waals surface area contributed by atoms with Crippen molar-refractivity contribution >= 4 is 11.6 Å². The second kappa shape index (κ2) is 7.59. The van der Waals surface area contributed by atoms with Gasteiger partial charge < -0.3 is 10.6 Å². The number of nitrogens with zero attached hydrogens (tertiary/aromatic N) is 3. The molecule has 112 valence electrons. The van der Waals surface area contributed by atoms with Crippen molar-refractivity contribution in [1.29, 1.82) is 0 Å². The van der Waals surface area contributed by atoms with E-state index in [2.05, 4.69) is 15.7 Å². The highest BCUT2D eigenvalue weighted by Crippen LogP contribution is 2.21. The summed E-state index contributed by atoms with van der Waals surface area (Å²) in [5, 5.41) is 20.8. The third-order valence-corrected chi connectivity index (χ3v) is 3.00. The molecule has 8 heteroatoms. The Bertz CT molecular complexity index is 484. The maximum atomic E-state index is 11.6.